The first-order chi connectivity index (χ1) is 8.91. The topological polar surface area (TPSA) is 70.5 Å². The fourth-order valence-corrected chi connectivity index (χ4v) is 3.13. The lowest BCUT2D eigenvalue weighted by Gasteiger charge is -2.21. The van der Waals surface area contributed by atoms with E-state index in [-0.39, 0.29) is 17.3 Å². The van der Waals surface area contributed by atoms with Gasteiger partial charge in [0.25, 0.3) is 5.91 Å². The SMILES string of the molecule is CC1(C)C2CN(C(=O)c3cccc(C(=O)O)n3)CC21. The zero-order valence-electron chi connectivity index (χ0n) is 11.0. The third kappa shape index (κ3) is 1.80. The van der Waals surface area contributed by atoms with Crippen molar-refractivity contribution in [3.05, 3.63) is 29.6 Å². The molecule has 3 rings (SSSR count). The van der Waals surface area contributed by atoms with E-state index in [4.69, 9.17) is 5.11 Å². The number of fused-ring (bicyclic) bond motifs is 1. The van der Waals surface area contributed by atoms with Crippen molar-refractivity contribution in [3.63, 3.8) is 0 Å². The van der Waals surface area contributed by atoms with Gasteiger partial charge < -0.3 is 10.0 Å². The van der Waals surface area contributed by atoms with Gasteiger partial charge in [-0.2, -0.15) is 0 Å². The summed E-state index contributed by atoms with van der Waals surface area (Å²) in [5, 5.41) is 8.89. The standard InChI is InChI=1S/C14H16N2O3/c1-14(2)8-6-16(7-9(8)14)12(17)10-4-3-5-11(15-10)13(18)19/h3-5,8-9H,6-7H2,1-2H3,(H,18,19). The van der Waals surface area contributed by atoms with Crippen molar-refractivity contribution < 1.29 is 14.7 Å². The molecule has 5 nitrogen and oxygen atoms in total. The average molecular weight is 260 g/mol. The molecular weight excluding hydrogens is 244 g/mol. The molecule has 1 aromatic rings. The van der Waals surface area contributed by atoms with Crippen LogP contribution in [0.25, 0.3) is 0 Å². The minimum absolute atomic E-state index is 0.0875. The fourth-order valence-electron chi connectivity index (χ4n) is 3.13. The predicted molar refractivity (Wildman–Crippen MR) is 67.9 cm³/mol. The van der Waals surface area contributed by atoms with E-state index in [0.29, 0.717) is 17.3 Å². The fraction of sp³-hybridized carbons (Fsp3) is 0.500. The third-order valence-corrected chi connectivity index (χ3v) is 4.60. The van der Waals surface area contributed by atoms with Crippen LogP contribution < -0.4 is 0 Å². The molecule has 2 fully saturated rings. The normalized spacial score (nSPS) is 26.9. The Bertz CT molecular complexity index is 554. The first kappa shape index (κ1) is 12.1. The minimum atomic E-state index is -1.11. The van der Waals surface area contributed by atoms with Crippen LogP contribution in [0.15, 0.2) is 18.2 Å². The van der Waals surface area contributed by atoms with Crippen LogP contribution in [-0.2, 0) is 0 Å². The van der Waals surface area contributed by atoms with Gasteiger partial charge in [-0.15, -0.1) is 0 Å². The van der Waals surface area contributed by atoms with Gasteiger partial charge in [-0.25, -0.2) is 9.78 Å². The molecule has 0 radical (unpaired) electrons. The summed E-state index contributed by atoms with van der Waals surface area (Å²) in [5.41, 5.74) is 0.488. The van der Waals surface area contributed by atoms with Gasteiger partial charge >= 0.3 is 5.97 Å². The molecule has 100 valence electrons. The molecule has 19 heavy (non-hydrogen) atoms. The summed E-state index contributed by atoms with van der Waals surface area (Å²) in [6.45, 7) is 5.98. The maximum atomic E-state index is 12.3. The van der Waals surface area contributed by atoms with Crippen LogP contribution in [0, 0.1) is 17.3 Å². The molecule has 1 amide bonds. The highest BCUT2D eigenvalue weighted by Crippen LogP contribution is 2.61. The Morgan fingerprint density at radius 2 is 1.84 bits per heavy atom. The first-order valence-corrected chi connectivity index (χ1v) is 6.41. The van der Waals surface area contributed by atoms with E-state index in [1.165, 1.54) is 6.07 Å². The molecule has 2 unspecified atom stereocenters. The Balaban J connectivity index is 1.75. The molecule has 1 aliphatic heterocycles. The Hall–Kier alpha value is -1.91. The molecule has 2 atom stereocenters. The van der Waals surface area contributed by atoms with E-state index in [9.17, 15) is 9.59 Å². The van der Waals surface area contributed by atoms with E-state index in [0.717, 1.165) is 13.1 Å². The lowest BCUT2D eigenvalue weighted by Crippen LogP contribution is -2.33. The molecule has 0 spiro atoms. The van der Waals surface area contributed by atoms with Crippen molar-refractivity contribution in [2.75, 3.05) is 13.1 Å². The van der Waals surface area contributed by atoms with Gasteiger partial charge in [0, 0.05) is 13.1 Å². The Kier molecular flexibility index (Phi) is 2.42. The van der Waals surface area contributed by atoms with E-state index in [1.807, 2.05) is 0 Å². The first-order valence-electron chi connectivity index (χ1n) is 6.41. The quantitative estimate of drug-likeness (QED) is 0.875. The lowest BCUT2D eigenvalue weighted by atomic mass is 10.1. The second-order valence-corrected chi connectivity index (χ2v) is 5.96. The molecule has 0 aromatic carbocycles. The number of likely N-dealkylation sites (tertiary alicyclic amines) is 1. The maximum absolute atomic E-state index is 12.3. The number of piperidine rings is 1. The zero-order chi connectivity index (χ0) is 13.8. The van der Waals surface area contributed by atoms with Gasteiger partial charge in [0.1, 0.15) is 11.4 Å². The van der Waals surface area contributed by atoms with Crippen LogP contribution in [0.5, 0.6) is 0 Å². The molecule has 0 bridgehead atoms. The number of amides is 1. The van der Waals surface area contributed by atoms with Crippen molar-refractivity contribution in [1.29, 1.82) is 0 Å². The highest BCUT2D eigenvalue weighted by molar-refractivity contribution is 5.94. The Morgan fingerprint density at radius 1 is 1.26 bits per heavy atom. The number of carboxylic acid groups (broad SMARTS) is 1. The average Bonchev–Trinajstić information content (AvgIpc) is 2.79. The summed E-state index contributed by atoms with van der Waals surface area (Å²) in [7, 11) is 0. The van der Waals surface area contributed by atoms with Crippen LogP contribution in [0.4, 0.5) is 0 Å². The number of carboxylic acids is 1. The van der Waals surface area contributed by atoms with Crippen LogP contribution in [0.1, 0.15) is 34.8 Å². The summed E-state index contributed by atoms with van der Waals surface area (Å²) >= 11 is 0. The summed E-state index contributed by atoms with van der Waals surface area (Å²) in [6.07, 6.45) is 0. The molecule has 2 heterocycles. The number of hydrogen-bond donors (Lipinski definition) is 1. The van der Waals surface area contributed by atoms with Gasteiger partial charge in [-0.05, 0) is 29.4 Å². The van der Waals surface area contributed by atoms with Crippen LogP contribution in [0.2, 0.25) is 0 Å². The maximum Gasteiger partial charge on any atom is 0.354 e. The number of carbonyl (C=O) groups is 2. The third-order valence-electron chi connectivity index (χ3n) is 4.60. The van der Waals surface area contributed by atoms with Gasteiger partial charge in [-0.3, -0.25) is 4.79 Å². The second kappa shape index (κ2) is 3.79. The molecule has 1 saturated carbocycles. The van der Waals surface area contributed by atoms with Crippen LogP contribution in [0.3, 0.4) is 0 Å². The molecule has 2 aliphatic rings. The number of rotatable bonds is 2. The van der Waals surface area contributed by atoms with Crippen molar-refractivity contribution in [2.24, 2.45) is 17.3 Å². The highest BCUT2D eigenvalue weighted by Gasteiger charge is 2.62. The van der Waals surface area contributed by atoms with E-state index in [2.05, 4.69) is 18.8 Å². The van der Waals surface area contributed by atoms with Crippen molar-refractivity contribution in [3.8, 4) is 0 Å². The number of pyridine rings is 1. The summed E-state index contributed by atoms with van der Waals surface area (Å²) in [5.74, 6) is -0.107. The molecule has 1 saturated heterocycles. The zero-order valence-corrected chi connectivity index (χ0v) is 11.0. The molecule has 5 heteroatoms. The number of carbonyl (C=O) groups excluding carboxylic acids is 1. The van der Waals surface area contributed by atoms with Crippen LogP contribution in [-0.4, -0.2) is 40.0 Å². The number of aromatic nitrogens is 1. The lowest BCUT2D eigenvalue weighted by molar-refractivity contribution is 0.0690. The van der Waals surface area contributed by atoms with Crippen molar-refractivity contribution >= 4 is 11.9 Å². The van der Waals surface area contributed by atoms with Gasteiger partial charge in [0.05, 0.1) is 0 Å². The Morgan fingerprint density at radius 3 is 2.42 bits per heavy atom. The highest BCUT2D eigenvalue weighted by atomic mass is 16.4. The number of nitrogens with zero attached hydrogens (tertiary/aromatic N) is 2. The molecular formula is C14H16N2O3. The molecule has 1 aromatic heterocycles. The summed E-state index contributed by atoms with van der Waals surface area (Å²) in [6, 6.07) is 4.53. The van der Waals surface area contributed by atoms with Gasteiger partial charge in [0.2, 0.25) is 0 Å². The predicted octanol–water partition coefficient (Wildman–Crippen LogP) is 1.51. The van der Waals surface area contributed by atoms with Crippen molar-refractivity contribution in [1.82, 2.24) is 9.88 Å². The minimum Gasteiger partial charge on any atom is -0.477 e. The Labute approximate surface area is 111 Å². The smallest absolute Gasteiger partial charge is 0.354 e. The van der Waals surface area contributed by atoms with E-state index >= 15 is 0 Å². The van der Waals surface area contributed by atoms with Gasteiger partial charge in [-0.1, -0.05) is 19.9 Å². The molecule has 1 N–H and O–H groups in total. The monoisotopic (exact) mass is 260 g/mol. The number of hydrogen-bond acceptors (Lipinski definition) is 3. The van der Waals surface area contributed by atoms with Crippen molar-refractivity contribution in [2.45, 2.75) is 13.8 Å². The van der Waals surface area contributed by atoms with Crippen LogP contribution >= 0.6 is 0 Å². The second-order valence-electron chi connectivity index (χ2n) is 5.96. The summed E-state index contributed by atoms with van der Waals surface area (Å²) in [4.78, 5) is 28.8. The van der Waals surface area contributed by atoms with Gasteiger partial charge in [0.15, 0.2) is 0 Å². The largest absolute Gasteiger partial charge is 0.477 e. The molecule has 1 aliphatic carbocycles. The summed E-state index contributed by atoms with van der Waals surface area (Å²) < 4.78 is 0. The van der Waals surface area contributed by atoms with E-state index < -0.39 is 5.97 Å². The van der Waals surface area contributed by atoms with E-state index in [1.54, 1.807) is 17.0 Å². The number of aromatic carboxylic acids is 1.